The Morgan fingerprint density at radius 3 is 2.38 bits per heavy atom. The van der Waals surface area contributed by atoms with Crippen molar-refractivity contribution in [1.82, 2.24) is 9.29 Å². The predicted octanol–water partition coefficient (Wildman–Crippen LogP) is 3.37. The van der Waals surface area contributed by atoms with Crippen LogP contribution in [-0.2, 0) is 10.0 Å². The topological polar surface area (TPSA) is 67.3 Å². The molecule has 1 aliphatic heterocycles. The van der Waals surface area contributed by atoms with Gasteiger partial charge in [-0.25, -0.2) is 17.8 Å². The minimum absolute atomic E-state index is 0.137. The average molecular weight is 394 g/mol. The van der Waals surface area contributed by atoms with E-state index in [9.17, 15) is 17.6 Å². The maximum absolute atomic E-state index is 12.9. The maximum Gasteiger partial charge on any atom is 0.244 e. The number of carbonyl (C=O) groups is 1. The van der Waals surface area contributed by atoms with Crippen LogP contribution in [0.3, 0.4) is 0 Å². The van der Waals surface area contributed by atoms with Gasteiger partial charge in [-0.05, 0) is 49.2 Å². The standard InChI is InChI=1S/C18H19FN2O3S2/c19-15-6-4-14(5-7-15)17(22)13-25-18-9-8-16(12-20-18)26(23,24)21-10-2-1-3-11-21/h4-9,12H,1-3,10-11,13H2. The van der Waals surface area contributed by atoms with Crippen molar-refractivity contribution in [3.63, 3.8) is 0 Å². The third-order valence-corrected chi connectivity index (χ3v) is 7.01. The number of benzene rings is 1. The van der Waals surface area contributed by atoms with Crippen LogP contribution in [0.25, 0.3) is 0 Å². The fraction of sp³-hybridized carbons (Fsp3) is 0.333. The Hall–Kier alpha value is -1.77. The van der Waals surface area contributed by atoms with Crippen molar-refractivity contribution < 1.29 is 17.6 Å². The van der Waals surface area contributed by atoms with Gasteiger partial charge in [0.25, 0.3) is 0 Å². The SMILES string of the molecule is O=C(CSc1ccc(S(=O)(=O)N2CCCCC2)cn1)c1ccc(F)cc1. The number of Topliss-reactive ketones (excluding diaryl/α,β-unsaturated/α-hetero) is 1. The molecule has 138 valence electrons. The lowest BCUT2D eigenvalue weighted by Gasteiger charge is -2.25. The number of hydrogen-bond donors (Lipinski definition) is 0. The van der Waals surface area contributed by atoms with E-state index in [-0.39, 0.29) is 22.2 Å². The Bertz CT molecular complexity index is 862. The highest BCUT2D eigenvalue weighted by molar-refractivity contribution is 7.99. The summed E-state index contributed by atoms with van der Waals surface area (Å²) >= 11 is 1.22. The lowest BCUT2D eigenvalue weighted by molar-refractivity contribution is 0.102. The molecule has 1 aliphatic rings. The van der Waals surface area contributed by atoms with E-state index in [0.717, 1.165) is 19.3 Å². The van der Waals surface area contributed by atoms with Gasteiger partial charge in [0.05, 0.1) is 10.8 Å². The van der Waals surface area contributed by atoms with Crippen molar-refractivity contribution in [1.29, 1.82) is 0 Å². The van der Waals surface area contributed by atoms with Crippen LogP contribution in [0.15, 0.2) is 52.5 Å². The van der Waals surface area contributed by atoms with Crippen LogP contribution in [-0.4, -0.2) is 42.3 Å². The van der Waals surface area contributed by atoms with Crippen molar-refractivity contribution in [2.24, 2.45) is 0 Å². The predicted molar refractivity (Wildman–Crippen MR) is 98.3 cm³/mol. The molecule has 0 aliphatic carbocycles. The quantitative estimate of drug-likeness (QED) is 0.555. The second-order valence-corrected chi connectivity index (χ2v) is 8.95. The van der Waals surface area contributed by atoms with Gasteiger partial charge in [-0.3, -0.25) is 4.79 Å². The van der Waals surface area contributed by atoms with Gasteiger partial charge in [0.1, 0.15) is 10.7 Å². The summed E-state index contributed by atoms with van der Waals surface area (Å²) in [4.78, 5) is 16.4. The number of rotatable bonds is 6. The summed E-state index contributed by atoms with van der Waals surface area (Å²) in [6.07, 6.45) is 4.16. The number of carbonyl (C=O) groups excluding carboxylic acids is 1. The fourth-order valence-electron chi connectivity index (χ4n) is 2.72. The van der Waals surface area contributed by atoms with Crippen molar-refractivity contribution >= 4 is 27.6 Å². The van der Waals surface area contributed by atoms with Gasteiger partial charge in [0.15, 0.2) is 5.78 Å². The third kappa shape index (κ3) is 4.49. The molecule has 26 heavy (non-hydrogen) atoms. The van der Waals surface area contributed by atoms with Crippen molar-refractivity contribution in [2.45, 2.75) is 29.2 Å². The molecular weight excluding hydrogens is 375 g/mol. The van der Waals surface area contributed by atoms with Crippen molar-refractivity contribution in [3.05, 3.63) is 54.0 Å². The van der Waals surface area contributed by atoms with E-state index in [2.05, 4.69) is 4.98 Å². The molecule has 0 spiro atoms. The summed E-state index contributed by atoms with van der Waals surface area (Å²) in [5, 5.41) is 0.568. The molecule has 1 fully saturated rings. The highest BCUT2D eigenvalue weighted by atomic mass is 32.2. The zero-order valence-corrected chi connectivity index (χ0v) is 15.7. The summed E-state index contributed by atoms with van der Waals surface area (Å²) in [5.74, 6) is -0.375. The van der Waals surface area contributed by atoms with Crippen molar-refractivity contribution in [3.8, 4) is 0 Å². The van der Waals surface area contributed by atoms with Gasteiger partial charge in [0.2, 0.25) is 10.0 Å². The number of halogens is 1. The lowest BCUT2D eigenvalue weighted by Crippen LogP contribution is -2.35. The van der Waals surface area contributed by atoms with Gasteiger partial charge in [0, 0.05) is 24.8 Å². The van der Waals surface area contributed by atoms with Crippen LogP contribution in [0.2, 0.25) is 0 Å². The largest absolute Gasteiger partial charge is 0.293 e. The molecule has 3 rings (SSSR count). The zero-order valence-electron chi connectivity index (χ0n) is 14.1. The van der Waals surface area contributed by atoms with Gasteiger partial charge >= 0.3 is 0 Å². The Labute approximate surface area is 156 Å². The second-order valence-electron chi connectivity index (χ2n) is 6.02. The van der Waals surface area contributed by atoms with Crippen LogP contribution in [0.4, 0.5) is 4.39 Å². The number of piperidine rings is 1. The van der Waals surface area contributed by atoms with E-state index in [1.54, 1.807) is 6.07 Å². The molecule has 0 atom stereocenters. The van der Waals surface area contributed by atoms with Gasteiger partial charge in [-0.15, -0.1) is 0 Å². The lowest BCUT2D eigenvalue weighted by atomic mass is 10.1. The summed E-state index contributed by atoms with van der Waals surface area (Å²) in [6, 6.07) is 8.52. The molecule has 1 aromatic heterocycles. The van der Waals surface area contributed by atoms with Crippen LogP contribution in [0.5, 0.6) is 0 Å². The Morgan fingerprint density at radius 1 is 1.08 bits per heavy atom. The number of thioether (sulfide) groups is 1. The summed E-state index contributed by atoms with van der Waals surface area (Å²) in [7, 11) is -3.50. The fourth-order valence-corrected chi connectivity index (χ4v) is 4.92. The summed E-state index contributed by atoms with van der Waals surface area (Å²) in [5.41, 5.74) is 0.434. The average Bonchev–Trinajstić information content (AvgIpc) is 2.67. The molecule has 0 bridgehead atoms. The van der Waals surface area contributed by atoms with E-state index in [4.69, 9.17) is 0 Å². The van der Waals surface area contributed by atoms with E-state index in [1.165, 1.54) is 52.6 Å². The Balaban J connectivity index is 1.62. The monoisotopic (exact) mass is 394 g/mol. The number of sulfonamides is 1. The normalized spacial score (nSPS) is 15.7. The molecule has 2 heterocycles. The molecule has 8 heteroatoms. The summed E-state index contributed by atoms with van der Waals surface area (Å²) < 4.78 is 39.5. The Kier molecular flexibility index (Phi) is 6.05. The molecule has 2 aromatic rings. The number of ketones is 1. The van der Waals surface area contributed by atoms with E-state index >= 15 is 0 Å². The molecule has 0 amide bonds. The summed E-state index contributed by atoms with van der Waals surface area (Å²) in [6.45, 7) is 1.09. The molecule has 0 saturated carbocycles. The van der Waals surface area contributed by atoms with Crippen LogP contribution in [0, 0.1) is 5.82 Å². The van der Waals surface area contributed by atoms with E-state index in [0.29, 0.717) is 23.7 Å². The maximum atomic E-state index is 12.9. The minimum Gasteiger partial charge on any atom is -0.293 e. The first-order valence-electron chi connectivity index (χ1n) is 8.34. The minimum atomic E-state index is -3.50. The molecule has 0 unspecified atom stereocenters. The number of hydrogen-bond acceptors (Lipinski definition) is 5. The number of aromatic nitrogens is 1. The van der Waals surface area contributed by atoms with Gasteiger partial charge in [-0.1, -0.05) is 18.2 Å². The van der Waals surface area contributed by atoms with Gasteiger partial charge in [-0.2, -0.15) is 4.31 Å². The molecule has 1 aromatic carbocycles. The molecular formula is C18H19FN2O3S2. The Morgan fingerprint density at radius 2 is 1.77 bits per heavy atom. The molecule has 0 N–H and O–H groups in total. The van der Waals surface area contributed by atoms with Crippen LogP contribution in [0.1, 0.15) is 29.6 Å². The highest BCUT2D eigenvalue weighted by Gasteiger charge is 2.26. The third-order valence-electron chi connectivity index (χ3n) is 4.18. The van der Waals surface area contributed by atoms with E-state index < -0.39 is 10.0 Å². The van der Waals surface area contributed by atoms with Crippen LogP contribution >= 0.6 is 11.8 Å². The number of nitrogens with zero attached hydrogens (tertiary/aromatic N) is 2. The van der Waals surface area contributed by atoms with Crippen molar-refractivity contribution in [2.75, 3.05) is 18.8 Å². The zero-order chi connectivity index (χ0) is 18.6. The first kappa shape index (κ1) is 19.0. The smallest absolute Gasteiger partial charge is 0.244 e. The first-order chi connectivity index (χ1) is 12.5. The molecule has 1 saturated heterocycles. The van der Waals surface area contributed by atoms with Gasteiger partial charge < -0.3 is 0 Å². The highest BCUT2D eigenvalue weighted by Crippen LogP contribution is 2.23. The first-order valence-corrected chi connectivity index (χ1v) is 10.8. The number of pyridine rings is 1. The molecule has 5 nitrogen and oxygen atoms in total. The van der Waals surface area contributed by atoms with Crippen LogP contribution < -0.4 is 0 Å². The van der Waals surface area contributed by atoms with E-state index in [1.807, 2.05) is 0 Å². The second kappa shape index (κ2) is 8.28. The molecule has 0 radical (unpaired) electrons.